The zero-order valence-corrected chi connectivity index (χ0v) is 19.6. The molecule has 0 aliphatic rings. The molecule has 0 bridgehead atoms. The fraction of sp³-hybridized carbons (Fsp3) is 1.00. The average Bonchev–Trinajstić information content (AvgIpc) is 2.80. The molecule has 32 heteroatoms. The second kappa shape index (κ2) is 10.4. The van der Waals surface area contributed by atoms with Gasteiger partial charge in [-0.15, -0.1) is 0 Å². The summed E-state index contributed by atoms with van der Waals surface area (Å²) in [6.07, 6.45) is -16.5. The second-order valence-electron chi connectivity index (χ2n) is 8.48. The average molecular weight is 785 g/mol. The fourth-order valence-corrected chi connectivity index (χ4v) is 2.53. The Balaban J connectivity index is 7.61. The lowest BCUT2D eigenvalue weighted by Crippen LogP contribution is -2.79. The third-order valence-corrected chi connectivity index (χ3v) is 5.45. The van der Waals surface area contributed by atoms with E-state index in [1.165, 1.54) is 0 Å². The topological polar surface area (TPSA) is 19.9 Å². The molecule has 0 aliphatic heterocycles. The Kier molecular flexibility index (Phi) is 9.91. The van der Waals surface area contributed by atoms with Crippen molar-refractivity contribution in [3.05, 3.63) is 0 Å². The Labute approximate surface area is 232 Å². The molecule has 283 valence electrons. The summed E-state index contributed by atoms with van der Waals surface area (Å²) >= 11 is 0. The van der Waals surface area contributed by atoms with Crippen LogP contribution in [-0.2, 0) is 5.11 Å². The van der Waals surface area contributed by atoms with Crippen molar-refractivity contribution < 1.29 is 141 Å². The van der Waals surface area contributed by atoms with Crippen LogP contribution in [0, 0.1) is 0 Å². The Morgan fingerprint density at radius 1 is 0.170 bits per heavy atom. The monoisotopic (exact) mass is 785 g/mol. The highest BCUT2D eigenvalue weighted by Gasteiger charge is 3.01. The maximum atomic E-state index is 13.6. The van der Waals surface area contributed by atoms with Crippen molar-refractivity contribution >= 4 is 0 Å². The molecule has 0 rings (SSSR count). The molecule has 0 saturated carbocycles. The fourth-order valence-electron chi connectivity index (χ4n) is 2.53. The van der Waals surface area contributed by atoms with Gasteiger partial charge in [-0.25, -0.2) is 0 Å². The molecule has 0 aromatic rings. The molecule has 0 amide bonds. The van der Waals surface area contributed by atoms with E-state index in [4.69, 9.17) is 0 Å². The van der Waals surface area contributed by atoms with Crippen LogP contribution in [0.4, 0.5) is 136 Å². The largest absolute Gasteiger partial charge is 0.460 e. The molecule has 0 aliphatic carbocycles. The van der Waals surface area contributed by atoms with Gasteiger partial charge in [0.2, 0.25) is 0 Å². The summed E-state index contributed by atoms with van der Waals surface area (Å²) < 4.78 is 406. The molecule has 0 saturated heterocycles. The normalized spacial score (nSPS) is 17.4. The van der Waals surface area contributed by atoms with Gasteiger partial charge in [-0.1, -0.05) is 0 Å². The summed E-state index contributed by atoms with van der Waals surface area (Å²) in [6, 6.07) is 0. The number of hydrogen-bond acceptors (Lipinski definition) is 0. The maximum absolute atomic E-state index is 13.6. The first-order valence-corrected chi connectivity index (χ1v) is 9.56. The van der Waals surface area contributed by atoms with Crippen molar-refractivity contribution in [2.24, 2.45) is 0 Å². The lowest BCUT2D eigenvalue weighted by atomic mass is 9.83. The minimum atomic E-state index is -10.1. The summed E-state index contributed by atoms with van der Waals surface area (Å²) in [4.78, 5) is 0. The van der Waals surface area contributed by atoms with E-state index in [9.17, 15) is 141 Å². The van der Waals surface area contributed by atoms with Gasteiger partial charge in [-0.3, -0.25) is 0 Å². The zero-order valence-electron chi connectivity index (χ0n) is 19.6. The molecular formula is C15F31O. The van der Waals surface area contributed by atoms with Crippen LogP contribution in [0.1, 0.15) is 0 Å². The summed E-state index contributed by atoms with van der Waals surface area (Å²) in [5, 5.41) is 9.68. The third-order valence-electron chi connectivity index (χ3n) is 5.45. The van der Waals surface area contributed by atoms with Crippen molar-refractivity contribution in [1.82, 2.24) is 0 Å². The Hall–Kier alpha value is -2.21. The van der Waals surface area contributed by atoms with E-state index in [1.807, 2.05) is 0 Å². The van der Waals surface area contributed by atoms with Gasteiger partial charge < -0.3 is 0 Å². The third kappa shape index (κ3) is 4.99. The van der Waals surface area contributed by atoms with Gasteiger partial charge in [0.05, 0.1) is 0 Å². The van der Waals surface area contributed by atoms with E-state index in [2.05, 4.69) is 0 Å². The minimum absolute atomic E-state index is 8.10. The van der Waals surface area contributed by atoms with Crippen LogP contribution in [0.25, 0.3) is 0 Å². The molecule has 1 nitrogen and oxygen atoms in total. The van der Waals surface area contributed by atoms with Crippen LogP contribution in [-0.4, -0.2) is 89.3 Å². The van der Waals surface area contributed by atoms with Gasteiger partial charge in [-0.2, -0.15) is 141 Å². The predicted octanol–water partition coefficient (Wildman–Crippen LogP) is 9.83. The molecule has 0 atom stereocenters. The van der Waals surface area contributed by atoms with Crippen molar-refractivity contribution in [2.75, 3.05) is 0 Å². The van der Waals surface area contributed by atoms with Crippen LogP contribution in [0.5, 0.6) is 0 Å². The van der Waals surface area contributed by atoms with Gasteiger partial charge in [0.15, 0.2) is 0 Å². The predicted molar refractivity (Wildman–Crippen MR) is 76.0 cm³/mol. The molecule has 0 heterocycles. The number of halogens is 31. The van der Waals surface area contributed by atoms with Crippen molar-refractivity contribution in [3.8, 4) is 0 Å². The van der Waals surface area contributed by atoms with Gasteiger partial charge in [0.1, 0.15) is 0 Å². The molecule has 0 fully saturated rings. The van der Waals surface area contributed by atoms with Gasteiger partial charge in [0.25, 0.3) is 0 Å². The number of alkyl halides is 31. The Bertz CT molecular complexity index is 1060. The first kappa shape index (κ1) is 44.8. The molecule has 47 heavy (non-hydrogen) atoms. The van der Waals surface area contributed by atoms with Crippen molar-refractivity contribution in [1.29, 1.82) is 0 Å². The summed E-state index contributed by atoms with van der Waals surface area (Å²) in [6.45, 7) is 0. The van der Waals surface area contributed by atoms with Crippen LogP contribution in [0.15, 0.2) is 0 Å². The maximum Gasteiger partial charge on any atom is 0.460 e. The SMILES string of the molecule is [O]C(F)(F)C(F)(F)C(F)(F)C(F)(F)C(F)(F)C(F)(F)C(F)(F)C(F)(F)C(F)(F)C(F)(F)C(F)(F)C(F)(F)C(F)(F)C(F)(F)C(F)(F)F. The lowest BCUT2D eigenvalue weighted by molar-refractivity contribution is -0.494. The Morgan fingerprint density at radius 2 is 0.277 bits per heavy atom. The highest BCUT2D eigenvalue weighted by molar-refractivity contribution is 5.21. The second-order valence-corrected chi connectivity index (χ2v) is 8.48. The molecule has 0 N–H and O–H groups in total. The van der Waals surface area contributed by atoms with E-state index in [-0.39, 0.29) is 0 Å². The van der Waals surface area contributed by atoms with Crippen LogP contribution >= 0.6 is 0 Å². The van der Waals surface area contributed by atoms with E-state index in [0.29, 0.717) is 0 Å². The number of rotatable bonds is 13. The molecular weight excluding hydrogens is 785 g/mol. The minimum Gasteiger partial charge on any atom is -0.192 e. The van der Waals surface area contributed by atoms with E-state index < -0.39 is 89.3 Å². The van der Waals surface area contributed by atoms with Crippen LogP contribution < -0.4 is 0 Å². The van der Waals surface area contributed by atoms with E-state index in [0.717, 1.165) is 0 Å². The quantitative estimate of drug-likeness (QED) is 0.166. The zero-order chi connectivity index (χ0) is 39.5. The first-order chi connectivity index (χ1) is 19.5. The lowest BCUT2D eigenvalue weighted by Gasteiger charge is -2.46. The standard InChI is InChI=1S/C15F31O/c16-1(17,2(18,19)4(22,23)6(26,27)8(30,31)10(34,35)12(38,39)14(42,43)44)3(20,21)5(24,25)7(28,29)9(32,33)11(36,37)13(40,41)15(45,46)47. The van der Waals surface area contributed by atoms with Gasteiger partial charge >= 0.3 is 89.3 Å². The summed E-state index contributed by atoms with van der Waals surface area (Å²) in [7, 11) is 0. The Morgan fingerprint density at radius 3 is 0.383 bits per heavy atom. The molecule has 0 aromatic carbocycles. The van der Waals surface area contributed by atoms with E-state index >= 15 is 0 Å². The summed E-state index contributed by atoms with van der Waals surface area (Å²) in [5.41, 5.74) is 0. The van der Waals surface area contributed by atoms with Gasteiger partial charge in [0, 0.05) is 0 Å². The summed E-state index contributed by atoms with van der Waals surface area (Å²) in [5.74, 6) is -125. The smallest absolute Gasteiger partial charge is 0.192 e. The molecule has 0 spiro atoms. The highest BCUT2D eigenvalue weighted by Crippen LogP contribution is 2.69. The number of hydrogen-bond donors (Lipinski definition) is 0. The van der Waals surface area contributed by atoms with Gasteiger partial charge in [-0.05, 0) is 0 Å². The van der Waals surface area contributed by atoms with Crippen LogP contribution in [0.3, 0.4) is 0 Å². The van der Waals surface area contributed by atoms with Crippen LogP contribution in [0.2, 0.25) is 0 Å². The molecule has 0 unspecified atom stereocenters. The molecule has 0 aromatic heterocycles. The van der Waals surface area contributed by atoms with E-state index in [1.54, 1.807) is 0 Å². The highest BCUT2D eigenvalue weighted by atomic mass is 19.4. The molecule has 1 radical (unpaired) electrons. The first-order valence-electron chi connectivity index (χ1n) is 9.56. The van der Waals surface area contributed by atoms with Crippen molar-refractivity contribution in [2.45, 2.75) is 89.3 Å². The van der Waals surface area contributed by atoms with Crippen molar-refractivity contribution in [3.63, 3.8) is 0 Å².